The number of benzene rings is 1. The van der Waals surface area contributed by atoms with Crippen LogP contribution in [0.5, 0.6) is 0 Å². The van der Waals surface area contributed by atoms with Crippen molar-refractivity contribution in [2.75, 3.05) is 5.73 Å². The SMILES string of the molecule is CCC(C)n1ccc(CSc2ccc(N)c(Cl)c2)n1. The van der Waals surface area contributed by atoms with E-state index in [1.54, 1.807) is 11.8 Å². The van der Waals surface area contributed by atoms with Crippen LogP contribution in [-0.2, 0) is 5.75 Å². The smallest absolute Gasteiger partial charge is 0.0727 e. The van der Waals surface area contributed by atoms with Crippen molar-refractivity contribution in [1.29, 1.82) is 0 Å². The van der Waals surface area contributed by atoms with E-state index in [0.717, 1.165) is 22.8 Å². The number of halogens is 1. The highest BCUT2D eigenvalue weighted by Gasteiger charge is 2.06. The van der Waals surface area contributed by atoms with Crippen LogP contribution in [0.3, 0.4) is 0 Å². The molecule has 2 rings (SSSR count). The van der Waals surface area contributed by atoms with E-state index in [4.69, 9.17) is 17.3 Å². The second-order valence-electron chi connectivity index (χ2n) is 4.52. The van der Waals surface area contributed by atoms with Crippen molar-refractivity contribution in [3.63, 3.8) is 0 Å². The number of aromatic nitrogens is 2. The second kappa shape index (κ2) is 6.35. The number of nitrogen functional groups attached to an aromatic ring is 1. The molecule has 0 amide bonds. The first-order chi connectivity index (χ1) is 9.10. The van der Waals surface area contributed by atoms with Crippen molar-refractivity contribution in [2.45, 2.75) is 37.0 Å². The van der Waals surface area contributed by atoms with Gasteiger partial charge in [0.05, 0.1) is 16.4 Å². The third kappa shape index (κ3) is 3.67. The minimum atomic E-state index is 0.449. The van der Waals surface area contributed by atoms with Gasteiger partial charge in [-0.15, -0.1) is 11.8 Å². The van der Waals surface area contributed by atoms with Crippen LogP contribution in [0.25, 0.3) is 0 Å². The zero-order valence-electron chi connectivity index (χ0n) is 11.1. The largest absolute Gasteiger partial charge is 0.398 e. The van der Waals surface area contributed by atoms with E-state index in [0.29, 0.717) is 16.8 Å². The fraction of sp³-hybridized carbons (Fsp3) is 0.357. The van der Waals surface area contributed by atoms with Crippen molar-refractivity contribution in [3.8, 4) is 0 Å². The quantitative estimate of drug-likeness (QED) is 0.657. The van der Waals surface area contributed by atoms with Gasteiger partial charge in [0, 0.05) is 22.9 Å². The monoisotopic (exact) mass is 295 g/mol. The lowest BCUT2D eigenvalue weighted by Gasteiger charge is -2.08. The zero-order valence-corrected chi connectivity index (χ0v) is 12.7. The van der Waals surface area contributed by atoms with Crippen molar-refractivity contribution >= 4 is 29.1 Å². The normalized spacial score (nSPS) is 12.6. The van der Waals surface area contributed by atoms with Crippen LogP contribution in [0.1, 0.15) is 32.0 Å². The predicted molar refractivity (Wildman–Crippen MR) is 82.7 cm³/mol. The minimum absolute atomic E-state index is 0.449. The predicted octanol–water partition coefficient (Wildman–Crippen LogP) is 4.38. The number of nitrogens with zero attached hydrogens (tertiary/aromatic N) is 2. The molecule has 1 aromatic heterocycles. The van der Waals surface area contributed by atoms with Crippen molar-refractivity contribution in [1.82, 2.24) is 9.78 Å². The molecule has 0 spiro atoms. The van der Waals surface area contributed by atoms with Crippen LogP contribution >= 0.6 is 23.4 Å². The standard InChI is InChI=1S/C14H18ClN3S/c1-3-10(2)18-7-6-11(17-18)9-19-12-4-5-14(16)13(15)8-12/h4-8,10H,3,9,16H2,1-2H3. The highest BCUT2D eigenvalue weighted by molar-refractivity contribution is 7.98. The van der Waals surface area contributed by atoms with Gasteiger partial charge >= 0.3 is 0 Å². The topological polar surface area (TPSA) is 43.8 Å². The molecule has 1 atom stereocenters. The van der Waals surface area contributed by atoms with Gasteiger partial charge in [-0.05, 0) is 37.6 Å². The van der Waals surface area contributed by atoms with E-state index in [-0.39, 0.29) is 0 Å². The molecule has 0 fully saturated rings. The number of nitrogens with two attached hydrogens (primary N) is 1. The molecule has 0 bridgehead atoms. The summed E-state index contributed by atoms with van der Waals surface area (Å²) in [5, 5.41) is 5.18. The Morgan fingerprint density at radius 1 is 1.42 bits per heavy atom. The van der Waals surface area contributed by atoms with Gasteiger partial charge < -0.3 is 5.73 Å². The summed E-state index contributed by atoms with van der Waals surface area (Å²) in [4.78, 5) is 1.11. The van der Waals surface area contributed by atoms with E-state index >= 15 is 0 Å². The van der Waals surface area contributed by atoms with Gasteiger partial charge in [-0.3, -0.25) is 4.68 Å². The average molecular weight is 296 g/mol. The molecule has 5 heteroatoms. The van der Waals surface area contributed by atoms with E-state index < -0.39 is 0 Å². The van der Waals surface area contributed by atoms with Crippen LogP contribution in [-0.4, -0.2) is 9.78 Å². The Labute approximate surface area is 123 Å². The van der Waals surface area contributed by atoms with Crippen LogP contribution in [0.2, 0.25) is 5.02 Å². The van der Waals surface area contributed by atoms with Gasteiger partial charge in [-0.25, -0.2) is 0 Å². The van der Waals surface area contributed by atoms with Crippen molar-refractivity contribution < 1.29 is 0 Å². The van der Waals surface area contributed by atoms with Gasteiger partial charge in [-0.2, -0.15) is 5.10 Å². The maximum atomic E-state index is 6.00. The van der Waals surface area contributed by atoms with Crippen LogP contribution < -0.4 is 5.73 Å². The Morgan fingerprint density at radius 2 is 2.21 bits per heavy atom. The maximum absolute atomic E-state index is 6.00. The summed E-state index contributed by atoms with van der Waals surface area (Å²) in [5.74, 6) is 0.837. The highest BCUT2D eigenvalue weighted by Crippen LogP contribution is 2.28. The first kappa shape index (κ1) is 14.3. The molecule has 3 nitrogen and oxygen atoms in total. The van der Waals surface area contributed by atoms with Crippen LogP contribution in [0.4, 0.5) is 5.69 Å². The van der Waals surface area contributed by atoms with Gasteiger partial charge in [0.15, 0.2) is 0 Å². The van der Waals surface area contributed by atoms with Gasteiger partial charge in [0.1, 0.15) is 0 Å². The Hall–Kier alpha value is -1.13. The molecule has 0 radical (unpaired) electrons. The lowest BCUT2D eigenvalue weighted by molar-refractivity contribution is 0.475. The van der Waals surface area contributed by atoms with Gasteiger partial charge in [-0.1, -0.05) is 18.5 Å². The summed E-state index contributed by atoms with van der Waals surface area (Å²) in [6, 6.07) is 8.23. The number of hydrogen-bond donors (Lipinski definition) is 1. The molecule has 102 valence electrons. The number of thioether (sulfide) groups is 1. The second-order valence-corrected chi connectivity index (χ2v) is 5.97. The summed E-state index contributed by atoms with van der Waals surface area (Å²) in [6.07, 6.45) is 3.13. The van der Waals surface area contributed by atoms with Crippen molar-refractivity contribution in [3.05, 3.63) is 41.2 Å². The Bertz CT molecular complexity index is 553. The molecule has 0 aliphatic carbocycles. The number of hydrogen-bond acceptors (Lipinski definition) is 3. The average Bonchev–Trinajstić information content (AvgIpc) is 2.88. The van der Waals surface area contributed by atoms with Gasteiger partial charge in [0.2, 0.25) is 0 Å². The fourth-order valence-corrected chi connectivity index (χ4v) is 2.72. The molecule has 19 heavy (non-hydrogen) atoms. The minimum Gasteiger partial charge on any atom is -0.398 e. The Morgan fingerprint density at radius 3 is 2.89 bits per heavy atom. The molecule has 2 aromatic rings. The first-order valence-electron chi connectivity index (χ1n) is 6.32. The molecule has 1 heterocycles. The molecule has 1 unspecified atom stereocenters. The summed E-state index contributed by atoms with van der Waals surface area (Å²) in [5.41, 5.74) is 7.39. The third-order valence-corrected chi connectivity index (χ3v) is 4.42. The molecule has 0 aliphatic heterocycles. The molecule has 2 N–H and O–H groups in total. The Balaban J connectivity index is 1.98. The molecule has 1 aromatic carbocycles. The third-order valence-electron chi connectivity index (χ3n) is 3.06. The molecule has 0 saturated heterocycles. The molecular formula is C14H18ClN3S. The van der Waals surface area contributed by atoms with E-state index in [9.17, 15) is 0 Å². The van der Waals surface area contributed by atoms with Crippen LogP contribution in [0.15, 0.2) is 35.4 Å². The lowest BCUT2D eigenvalue weighted by Crippen LogP contribution is -2.04. The van der Waals surface area contributed by atoms with E-state index in [2.05, 4.69) is 25.0 Å². The zero-order chi connectivity index (χ0) is 13.8. The lowest BCUT2D eigenvalue weighted by atomic mass is 10.3. The molecule has 0 aliphatic rings. The molecule has 0 saturated carbocycles. The number of rotatable bonds is 5. The maximum Gasteiger partial charge on any atom is 0.0727 e. The van der Waals surface area contributed by atoms with Crippen LogP contribution in [0, 0.1) is 0 Å². The Kier molecular flexibility index (Phi) is 4.77. The first-order valence-corrected chi connectivity index (χ1v) is 7.68. The number of anilines is 1. The van der Waals surface area contributed by atoms with Gasteiger partial charge in [0.25, 0.3) is 0 Å². The molecular weight excluding hydrogens is 278 g/mol. The van der Waals surface area contributed by atoms with E-state index in [1.807, 2.05) is 29.1 Å². The summed E-state index contributed by atoms with van der Waals surface area (Å²) in [7, 11) is 0. The highest BCUT2D eigenvalue weighted by atomic mass is 35.5. The van der Waals surface area contributed by atoms with Crippen molar-refractivity contribution in [2.24, 2.45) is 0 Å². The fourth-order valence-electron chi connectivity index (χ4n) is 1.64. The van der Waals surface area contributed by atoms with E-state index in [1.165, 1.54) is 0 Å². The summed E-state index contributed by atoms with van der Waals surface area (Å²) < 4.78 is 2.02. The summed E-state index contributed by atoms with van der Waals surface area (Å²) in [6.45, 7) is 4.33. The summed E-state index contributed by atoms with van der Waals surface area (Å²) >= 11 is 7.72.